The van der Waals surface area contributed by atoms with Crippen molar-refractivity contribution >= 4 is 0 Å². The molecule has 23 heavy (non-hydrogen) atoms. The van der Waals surface area contributed by atoms with Crippen LogP contribution in [0.4, 0.5) is 8.78 Å². The minimum absolute atomic E-state index is 0.315. The Labute approximate surface area is 133 Å². The number of rotatable bonds is 5. The lowest BCUT2D eigenvalue weighted by Crippen LogP contribution is -2.07. The van der Waals surface area contributed by atoms with Crippen molar-refractivity contribution in [2.45, 2.75) is 19.5 Å². The van der Waals surface area contributed by atoms with Gasteiger partial charge in [0.15, 0.2) is 0 Å². The van der Waals surface area contributed by atoms with Gasteiger partial charge in [0.1, 0.15) is 17.5 Å². The van der Waals surface area contributed by atoms with Gasteiger partial charge in [0, 0.05) is 38.0 Å². The second-order valence-corrected chi connectivity index (χ2v) is 5.41. The van der Waals surface area contributed by atoms with E-state index in [0.717, 1.165) is 23.0 Å². The van der Waals surface area contributed by atoms with Crippen LogP contribution in [0.15, 0.2) is 54.9 Å². The third-order valence-corrected chi connectivity index (χ3v) is 3.75. The quantitative estimate of drug-likeness (QED) is 0.786. The number of nitrogens with zero attached hydrogens (tertiary/aromatic N) is 2. The van der Waals surface area contributed by atoms with E-state index in [4.69, 9.17) is 5.73 Å². The number of hydrogen-bond donors (Lipinski definition) is 1. The number of nitrogens with two attached hydrogens (primary N) is 1. The average Bonchev–Trinajstić information content (AvgIpc) is 2.97. The lowest BCUT2D eigenvalue weighted by Gasteiger charge is -2.10. The molecule has 3 nitrogen and oxygen atoms in total. The molecule has 0 saturated heterocycles. The third-order valence-electron chi connectivity index (χ3n) is 3.75. The van der Waals surface area contributed by atoms with Crippen molar-refractivity contribution in [1.82, 2.24) is 9.55 Å². The summed E-state index contributed by atoms with van der Waals surface area (Å²) in [4.78, 5) is 4.29. The van der Waals surface area contributed by atoms with Crippen LogP contribution in [-0.4, -0.2) is 9.55 Å². The molecule has 0 bridgehead atoms. The van der Waals surface area contributed by atoms with Gasteiger partial charge < -0.3 is 10.3 Å². The molecule has 0 atom stereocenters. The Kier molecular flexibility index (Phi) is 4.48. The second-order valence-electron chi connectivity index (χ2n) is 5.41. The van der Waals surface area contributed by atoms with Crippen molar-refractivity contribution in [1.29, 1.82) is 0 Å². The highest BCUT2D eigenvalue weighted by atomic mass is 19.1. The summed E-state index contributed by atoms with van der Waals surface area (Å²) in [7, 11) is 0. The maximum absolute atomic E-state index is 13.8. The monoisotopic (exact) mass is 313 g/mol. The van der Waals surface area contributed by atoms with E-state index < -0.39 is 11.6 Å². The summed E-state index contributed by atoms with van der Waals surface area (Å²) in [6.07, 6.45) is 3.85. The Bertz CT molecular complexity index is 812. The molecule has 3 rings (SSSR count). The molecule has 0 fully saturated rings. The molecular weight excluding hydrogens is 296 g/mol. The van der Waals surface area contributed by atoms with Crippen LogP contribution in [0.25, 0.3) is 0 Å². The van der Waals surface area contributed by atoms with Gasteiger partial charge in [0.05, 0.1) is 0 Å². The average molecular weight is 313 g/mol. The Balaban J connectivity index is 1.81. The zero-order valence-corrected chi connectivity index (χ0v) is 12.5. The molecule has 2 aromatic carbocycles. The molecule has 0 unspecified atom stereocenters. The Morgan fingerprint density at radius 3 is 2.65 bits per heavy atom. The van der Waals surface area contributed by atoms with E-state index in [1.807, 2.05) is 35.0 Å². The summed E-state index contributed by atoms with van der Waals surface area (Å²) >= 11 is 0. The molecule has 0 spiro atoms. The number of imidazole rings is 1. The fourth-order valence-corrected chi connectivity index (χ4v) is 2.54. The van der Waals surface area contributed by atoms with Gasteiger partial charge in [-0.05, 0) is 22.8 Å². The zero-order valence-electron chi connectivity index (χ0n) is 12.5. The minimum atomic E-state index is -0.576. The van der Waals surface area contributed by atoms with Gasteiger partial charge in [-0.25, -0.2) is 13.8 Å². The Hall–Kier alpha value is -2.53. The summed E-state index contributed by atoms with van der Waals surface area (Å²) in [5.74, 6) is -0.397. The van der Waals surface area contributed by atoms with Gasteiger partial charge in [-0.1, -0.05) is 30.3 Å². The predicted octanol–water partition coefficient (Wildman–Crippen LogP) is 3.26. The van der Waals surface area contributed by atoms with Crippen molar-refractivity contribution in [2.75, 3.05) is 0 Å². The molecule has 5 heteroatoms. The zero-order chi connectivity index (χ0) is 16.2. The van der Waals surface area contributed by atoms with Crippen LogP contribution in [0.2, 0.25) is 0 Å². The van der Waals surface area contributed by atoms with E-state index in [1.165, 1.54) is 12.1 Å². The van der Waals surface area contributed by atoms with Crippen LogP contribution in [0.5, 0.6) is 0 Å². The first kappa shape index (κ1) is 15.4. The van der Waals surface area contributed by atoms with Crippen molar-refractivity contribution < 1.29 is 8.78 Å². The van der Waals surface area contributed by atoms with E-state index in [-0.39, 0.29) is 0 Å². The molecule has 0 aliphatic heterocycles. The maximum Gasteiger partial charge on any atom is 0.129 e. The maximum atomic E-state index is 13.8. The van der Waals surface area contributed by atoms with E-state index in [9.17, 15) is 8.78 Å². The number of benzene rings is 2. The van der Waals surface area contributed by atoms with E-state index in [2.05, 4.69) is 4.98 Å². The summed E-state index contributed by atoms with van der Waals surface area (Å²) in [6.45, 7) is 1.12. The first-order valence-corrected chi connectivity index (χ1v) is 7.37. The molecule has 118 valence electrons. The van der Waals surface area contributed by atoms with Gasteiger partial charge in [0.25, 0.3) is 0 Å². The van der Waals surface area contributed by atoms with Crippen molar-refractivity contribution in [3.63, 3.8) is 0 Å². The second kappa shape index (κ2) is 6.71. The predicted molar refractivity (Wildman–Crippen MR) is 84.8 cm³/mol. The van der Waals surface area contributed by atoms with Crippen molar-refractivity contribution in [3.8, 4) is 0 Å². The molecule has 0 radical (unpaired) electrons. The molecule has 0 amide bonds. The molecule has 3 aromatic rings. The molecule has 0 saturated carbocycles. The summed E-state index contributed by atoms with van der Waals surface area (Å²) in [5, 5.41) is 0. The van der Waals surface area contributed by atoms with Gasteiger partial charge in [0.2, 0.25) is 0 Å². The highest BCUT2D eigenvalue weighted by molar-refractivity contribution is 5.25. The van der Waals surface area contributed by atoms with E-state index >= 15 is 0 Å². The Morgan fingerprint density at radius 2 is 1.87 bits per heavy atom. The fourth-order valence-electron chi connectivity index (χ4n) is 2.54. The molecule has 0 aliphatic rings. The normalized spacial score (nSPS) is 10.9. The largest absolute Gasteiger partial charge is 0.330 e. The highest BCUT2D eigenvalue weighted by Crippen LogP contribution is 2.15. The number of halogens is 2. The number of hydrogen-bond acceptors (Lipinski definition) is 2. The van der Waals surface area contributed by atoms with Gasteiger partial charge >= 0.3 is 0 Å². The first-order valence-electron chi connectivity index (χ1n) is 7.37. The van der Waals surface area contributed by atoms with Crippen LogP contribution in [0.3, 0.4) is 0 Å². The lowest BCUT2D eigenvalue weighted by molar-refractivity contribution is 0.572. The summed E-state index contributed by atoms with van der Waals surface area (Å²) in [6, 6.07) is 11.6. The molecule has 1 heterocycles. The molecule has 1 aromatic heterocycles. The van der Waals surface area contributed by atoms with Crippen molar-refractivity contribution in [2.24, 2.45) is 5.73 Å². The van der Waals surface area contributed by atoms with Gasteiger partial charge in [-0.15, -0.1) is 0 Å². The van der Waals surface area contributed by atoms with Crippen molar-refractivity contribution in [3.05, 3.63) is 89.0 Å². The number of aromatic nitrogens is 2. The first-order chi connectivity index (χ1) is 11.2. The van der Waals surface area contributed by atoms with Gasteiger partial charge in [-0.3, -0.25) is 0 Å². The molecular formula is C18H17F2N3. The van der Waals surface area contributed by atoms with Gasteiger partial charge in [-0.2, -0.15) is 0 Å². The smallest absolute Gasteiger partial charge is 0.129 e. The fraction of sp³-hybridized carbons (Fsp3) is 0.167. The van der Waals surface area contributed by atoms with Crippen LogP contribution in [0.1, 0.15) is 22.5 Å². The van der Waals surface area contributed by atoms with Crippen LogP contribution in [-0.2, 0) is 19.5 Å². The highest BCUT2D eigenvalue weighted by Gasteiger charge is 2.09. The SMILES string of the molecule is NCc1cccc(Cn2ccnc2Cc2ccc(F)cc2F)c1. The summed E-state index contributed by atoms with van der Waals surface area (Å²) in [5.41, 5.74) is 8.25. The van der Waals surface area contributed by atoms with E-state index in [1.54, 1.807) is 6.20 Å². The standard InChI is InChI=1S/C18H17F2N3/c19-16-5-4-15(17(20)10-16)9-18-22-6-7-23(18)12-14-3-1-2-13(8-14)11-21/h1-8,10H,9,11-12,21H2. The summed E-state index contributed by atoms with van der Waals surface area (Å²) < 4.78 is 28.8. The van der Waals surface area contributed by atoms with E-state index in [0.29, 0.717) is 25.1 Å². The van der Waals surface area contributed by atoms with Crippen LogP contribution in [0, 0.1) is 11.6 Å². The minimum Gasteiger partial charge on any atom is -0.330 e. The van der Waals surface area contributed by atoms with Crippen LogP contribution < -0.4 is 5.73 Å². The topological polar surface area (TPSA) is 43.8 Å². The lowest BCUT2D eigenvalue weighted by atomic mass is 10.1. The van der Waals surface area contributed by atoms with Crippen LogP contribution >= 0.6 is 0 Å². The Morgan fingerprint density at radius 1 is 1.04 bits per heavy atom. The molecule has 2 N–H and O–H groups in total. The molecule has 0 aliphatic carbocycles. The third kappa shape index (κ3) is 3.63.